The Morgan fingerprint density at radius 1 is 0.711 bits per heavy atom. The lowest BCUT2D eigenvalue weighted by molar-refractivity contribution is -0.115. The van der Waals surface area contributed by atoms with Gasteiger partial charge in [0.15, 0.2) is 0 Å². The number of aryl methyl sites for hydroxylation is 2. The van der Waals surface area contributed by atoms with E-state index in [1.807, 2.05) is 0 Å². The third kappa shape index (κ3) is 12.8. The molecule has 3 rings (SSSR count). The van der Waals surface area contributed by atoms with Crippen molar-refractivity contribution in [2.45, 2.75) is 39.8 Å². The fraction of sp³-hybridized carbons (Fsp3) is 0.500. The Labute approximate surface area is 262 Å². The Morgan fingerprint density at radius 2 is 1.13 bits per heavy atom. The molecule has 0 bridgehead atoms. The monoisotopic (exact) mass is 671 g/mol. The molecule has 15 nitrogen and oxygen atoms in total. The Kier molecular flexibility index (Phi) is 13.1. The number of rotatable bonds is 10. The smallest absolute Gasteiger partial charge is 0.334 e. The van der Waals surface area contributed by atoms with Crippen LogP contribution in [-0.4, -0.2) is 103 Å². The highest BCUT2D eigenvalue weighted by molar-refractivity contribution is 7.53. The summed E-state index contributed by atoms with van der Waals surface area (Å²) >= 11 is 0. The van der Waals surface area contributed by atoms with Crippen molar-refractivity contribution in [1.29, 1.82) is 0 Å². The van der Waals surface area contributed by atoms with Gasteiger partial charge in [0.05, 0.1) is 11.4 Å². The molecule has 250 valence electrons. The summed E-state index contributed by atoms with van der Waals surface area (Å²) in [6.07, 6.45) is -0.388. The van der Waals surface area contributed by atoms with Crippen molar-refractivity contribution in [1.82, 2.24) is 15.1 Å². The molecule has 2 aromatic rings. The van der Waals surface area contributed by atoms with Crippen LogP contribution in [0.25, 0.3) is 0 Å². The average Bonchev–Trinajstić information content (AvgIpc) is 2.93. The number of nitrogens with one attached hydrogen (secondary N) is 3. The van der Waals surface area contributed by atoms with E-state index in [0.29, 0.717) is 50.4 Å². The van der Waals surface area contributed by atoms with Crippen LogP contribution >= 0.6 is 15.2 Å². The van der Waals surface area contributed by atoms with Gasteiger partial charge < -0.3 is 45.7 Å². The first-order valence-electron chi connectivity index (χ1n) is 14.5. The summed E-state index contributed by atoms with van der Waals surface area (Å²) in [6, 6.07) is 6.69. The van der Waals surface area contributed by atoms with Gasteiger partial charge in [0, 0.05) is 37.3 Å². The third-order valence-corrected chi connectivity index (χ3v) is 8.48. The minimum atomic E-state index is -4.56. The summed E-state index contributed by atoms with van der Waals surface area (Å²) in [6.45, 7) is 8.54. The van der Waals surface area contributed by atoms with Crippen molar-refractivity contribution in [2.24, 2.45) is 0 Å². The molecule has 0 atom stereocenters. The van der Waals surface area contributed by atoms with Crippen molar-refractivity contribution in [3.63, 3.8) is 0 Å². The molecule has 0 unspecified atom stereocenters. The summed E-state index contributed by atoms with van der Waals surface area (Å²) in [7, 11) is -9.13. The van der Waals surface area contributed by atoms with Crippen LogP contribution in [0.15, 0.2) is 24.3 Å². The van der Waals surface area contributed by atoms with E-state index in [4.69, 9.17) is 19.6 Å². The third-order valence-electron chi connectivity index (χ3n) is 7.08. The quantitative estimate of drug-likeness (QED) is 0.129. The minimum absolute atomic E-state index is 0.0841. The highest BCUT2D eigenvalue weighted by atomic mass is 31.2. The Hall–Kier alpha value is -2.84. The van der Waals surface area contributed by atoms with E-state index < -0.39 is 39.3 Å². The number of aromatic hydroxyl groups is 2. The zero-order valence-electron chi connectivity index (χ0n) is 25.4. The predicted octanol–water partition coefficient (Wildman–Crippen LogP) is 1.63. The molecule has 45 heavy (non-hydrogen) atoms. The number of anilines is 2. The number of hydrogen-bond donors (Lipinski definition) is 9. The molecular weight excluding hydrogens is 628 g/mol. The van der Waals surface area contributed by atoms with E-state index >= 15 is 0 Å². The molecule has 1 aliphatic rings. The Morgan fingerprint density at radius 3 is 1.58 bits per heavy atom. The number of phenolic OH excluding ortho intramolecular Hbond substituents is 2. The van der Waals surface area contributed by atoms with Gasteiger partial charge in [-0.3, -0.25) is 28.5 Å². The van der Waals surface area contributed by atoms with E-state index in [9.17, 15) is 28.9 Å². The second-order valence-electron chi connectivity index (χ2n) is 11.4. The standard InChI is InChI=1S/C28H43N5O10P2/c1-19-11-21(27(36)23(13-19)30-25(34)17-44(38,39)40)15-32-7-3-5-29-6-10-33(9-4-8-32)16-22-12-20(2)14-24(28(22)37)31-26(35)18-45(41,42)43/h11-14,29,36-37H,3-10,15-18H2,1-2H3,(H,30,34)(H,31,35)(H2,38,39,40)(H2,41,42,43). The second-order valence-corrected chi connectivity index (χ2v) is 14.7. The average molecular weight is 672 g/mol. The molecule has 2 amide bonds. The van der Waals surface area contributed by atoms with Crippen LogP contribution in [0.4, 0.5) is 11.4 Å². The number of hydrogen-bond acceptors (Lipinski definition) is 9. The molecule has 0 saturated carbocycles. The molecule has 0 spiro atoms. The van der Waals surface area contributed by atoms with Crippen LogP contribution in [0.1, 0.15) is 35.1 Å². The van der Waals surface area contributed by atoms with Gasteiger partial charge in [0.2, 0.25) is 11.8 Å². The van der Waals surface area contributed by atoms with Crippen molar-refractivity contribution >= 4 is 38.4 Å². The molecule has 0 aromatic heterocycles. The molecule has 2 aromatic carbocycles. The molecule has 1 saturated heterocycles. The lowest BCUT2D eigenvalue weighted by Crippen LogP contribution is -2.33. The summed E-state index contributed by atoms with van der Waals surface area (Å²) in [4.78, 5) is 64.9. The number of phenols is 2. The van der Waals surface area contributed by atoms with Gasteiger partial charge in [0.25, 0.3) is 0 Å². The van der Waals surface area contributed by atoms with E-state index in [1.54, 1.807) is 32.0 Å². The molecule has 1 heterocycles. The molecule has 17 heteroatoms. The van der Waals surface area contributed by atoms with Crippen molar-refractivity contribution in [3.05, 3.63) is 46.5 Å². The summed E-state index contributed by atoms with van der Waals surface area (Å²) in [5.41, 5.74) is 2.82. The van der Waals surface area contributed by atoms with Gasteiger partial charge in [-0.05, 0) is 76.1 Å². The van der Waals surface area contributed by atoms with Crippen LogP contribution < -0.4 is 16.0 Å². The van der Waals surface area contributed by atoms with Crippen LogP contribution in [0.2, 0.25) is 0 Å². The largest absolute Gasteiger partial charge is 0.505 e. The lowest BCUT2D eigenvalue weighted by atomic mass is 10.1. The lowest BCUT2D eigenvalue weighted by Gasteiger charge is -2.26. The minimum Gasteiger partial charge on any atom is -0.505 e. The maximum Gasteiger partial charge on any atom is 0.334 e. The highest BCUT2D eigenvalue weighted by Crippen LogP contribution is 2.37. The van der Waals surface area contributed by atoms with E-state index in [0.717, 1.165) is 37.1 Å². The summed E-state index contributed by atoms with van der Waals surface area (Å²) in [5, 5.41) is 30.0. The second kappa shape index (κ2) is 16.1. The highest BCUT2D eigenvalue weighted by Gasteiger charge is 2.23. The van der Waals surface area contributed by atoms with Crippen molar-refractivity contribution < 1.29 is 48.5 Å². The maximum absolute atomic E-state index is 12.1. The summed E-state index contributed by atoms with van der Waals surface area (Å²) in [5.74, 6) is -2.12. The predicted molar refractivity (Wildman–Crippen MR) is 169 cm³/mol. The SMILES string of the molecule is Cc1cc(CN2CCCNCCN(Cc3cc(C)cc(NC(=O)CP(=O)(O)O)c3O)CCC2)c(O)c(NC(=O)CP(=O)(O)O)c1. The first kappa shape index (κ1) is 36.6. The molecule has 0 radical (unpaired) electrons. The number of nitrogens with zero attached hydrogens (tertiary/aromatic N) is 2. The Balaban J connectivity index is 1.70. The van der Waals surface area contributed by atoms with Gasteiger partial charge in [0.1, 0.15) is 23.8 Å². The van der Waals surface area contributed by atoms with E-state index in [1.165, 1.54) is 6.07 Å². The van der Waals surface area contributed by atoms with Gasteiger partial charge >= 0.3 is 15.2 Å². The van der Waals surface area contributed by atoms with Crippen LogP contribution in [0.3, 0.4) is 0 Å². The van der Waals surface area contributed by atoms with E-state index in [2.05, 4.69) is 25.8 Å². The Bertz CT molecular complexity index is 1350. The summed E-state index contributed by atoms with van der Waals surface area (Å²) < 4.78 is 22.4. The fourth-order valence-corrected chi connectivity index (χ4v) is 6.13. The van der Waals surface area contributed by atoms with Crippen LogP contribution in [-0.2, 0) is 31.8 Å². The number of benzene rings is 2. The topological polar surface area (TPSA) is 232 Å². The number of carbonyl (C=O) groups is 2. The van der Waals surface area contributed by atoms with Gasteiger partial charge in [-0.15, -0.1) is 0 Å². The maximum atomic E-state index is 12.1. The van der Waals surface area contributed by atoms with Crippen molar-refractivity contribution in [2.75, 3.05) is 62.2 Å². The first-order valence-corrected chi connectivity index (χ1v) is 18.1. The van der Waals surface area contributed by atoms with Gasteiger partial charge in [-0.2, -0.15) is 0 Å². The molecule has 0 aliphatic carbocycles. The van der Waals surface area contributed by atoms with Crippen LogP contribution in [0.5, 0.6) is 11.5 Å². The molecule has 1 aliphatic heterocycles. The van der Waals surface area contributed by atoms with Gasteiger partial charge in [-0.25, -0.2) is 0 Å². The van der Waals surface area contributed by atoms with Crippen molar-refractivity contribution in [3.8, 4) is 11.5 Å². The van der Waals surface area contributed by atoms with E-state index in [-0.39, 0.29) is 22.9 Å². The molecular formula is C28H43N5O10P2. The first-order chi connectivity index (χ1) is 21.0. The molecule has 1 fully saturated rings. The van der Waals surface area contributed by atoms with Crippen LogP contribution in [0, 0.1) is 13.8 Å². The number of amides is 2. The normalized spacial score (nSPS) is 16.1. The zero-order valence-corrected chi connectivity index (χ0v) is 27.2. The zero-order chi connectivity index (χ0) is 33.4. The number of carbonyl (C=O) groups excluding carboxylic acids is 2. The fourth-order valence-electron chi connectivity index (χ4n) is 5.22. The molecule has 9 N–H and O–H groups in total. The van der Waals surface area contributed by atoms with Gasteiger partial charge in [-0.1, -0.05) is 12.1 Å².